The van der Waals surface area contributed by atoms with Gasteiger partial charge in [0.25, 0.3) is 0 Å². The minimum absolute atomic E-state index is 0.0541. The number of rotatable bonds is 2. The Balaban J connectivity index is 3.47. The Morgan fingerprint density at radius 3 is 2.55 bits per heavy atom. The fourth-order valence-electron chi connectivity index (χ4n) is 0.523. The van der Waals surface area contributed by atoms with E-state index < -0.39 is 0 Å². The molecular weight excluding hydrogens is 138 g/mol. The smallest absolute Gasteiger partial charge is 0.223 e. The molecular formula is C9H15NO. The van der Waals surface area contributed by atoms with Gasteiger partial charge in [0.15, 0.2) is 0 Å². The topological polar surface area (TPSA) is 29.1 Å². The molecule has 11 heavy (non-hydrogen) atoms. The third kappa shape index (κ3) is 5.47. The molecule has 0 heterocycles. The highest BCUT2D eigenvalue weighted by atomic mass is 16.1. The molecule has 0 rings (SSSR count). The summed E-state index contributed by atoms with van der Waals surface area (Å²) in [5, 5.41) is 2.70. The van der Waals surface area contributed by atoms with Crippen LogP contribution in [-0.2, 0) is 4.79 Å². The van der Waals surface area contributed by atoms with Crippen LogP contribution in [0.3, 0.4) is 0 Å². The first-order chi connectivity index (χ1) is 5.18. The predicted octanol–water partition coefficient (Wildman–Crippen LogP) is 1.17. The highest BCUT2D eigenvalue weighted by Crippen LogP contribution is 1.88. The number of amides is 1. The molecule has 62 valence electrons. The molecule has 0 aromatic heterocycles. The first kappa shape index (κ1) is 10.0. The molecule has 1 N–H and O–H groups in total. The van der Waals surface area contributed by atoms with Crippen LogP contribution >= 0.6 is 0 Å². The number of hydrogen-bond acceptors (Lipinski definition) is 1. The summed E-state index contributed by atoms with van der Waals surface area (Å²) in [5.41, 5.74) is 0. The molecule has 1 amide bonds. The van der Waals surface area contributed by atoms with E-state index in [0.717, 1.165) is 6.42 Å². The van der Waals surface area contributed by atoms with Crippen LogP contribution in [-0.4, -0.2) is 12.5 Å². The van der Waals surface area contributed by atoms with Crippen molar-refractivity contribution in [2.45, 2.75) is 27.2 Å². The number of hydrogen-bond donors (Lipinski definition) is 1. The molecule has 0 saturated carbocycles. The third-order valence-electron chi connectivity index (χ3n) is 1.18. The zero-order valence-electron chi connectivity index (χ0n) is 7.40. The van der Waals surface area contributed by atoms with Crippen LogP contribution in [0.4, 0.5) is 0 Å². The van der Waals surface area contributed by atoms with Gasteiger partial charge in [0.1, 0.15) is 0 Å². The summed E-state index contributed by atoms with van der Waals surface area (Å²) in [5.74, 6) is 5.84. The van der Waals surface area contributed by atoms with Crippen LogP contribution in [0.5, 0.6) is 0 Å². The molecule has 0 spiro atoms. The van der Waals surface area contributed by atoms with Gasteiger partial charge in [0.05, 0.1) is 6.54 Å². The molecule has 0 aliphatic carbocycles. The number of nitrogens with one attached hydrogen (secondary N) is 1. The van der Waals surface area contributed by atoms with E-state index in [1.807, 2.05) is 20.8 Å². The summed E-state index contributed by atoms with van der Waals surface area (Å²) in [6.45, 7) is 6.19. The average Bonchev–Trinajstić information content (AvgIpc) is 1.97. The molecule has 0 aliphatic heterocycles. The predicted molar refractivity (Wildman–Crippen MR) is 45.9 cm³/mol. The minimum Gasteiger partial charge on any atom is -0.345 e. The Morgan fingerprint density at radius 2 is 2.09 bits per heavy atom. The van der Waals surface area contributed by atoms with E-state index in [1.165, 1.54) is 0 Å². The Kier molecular flexibility index (Phi) is 5.28. The molecule has 2 nitrogen and oxygen atoms in total. The quantitative estimate of drug-likeness (QED) is 0.593. The van der Waals surface area contributed by atoms with Crippen molar-refractivity contribution in [3.05, 3.63) is 0 Å². The second kappa shape index (κ2) is 5.79. The van der Waals surface area contributed by atoms with E-state index >= 15 is 0 Å². The monoisotopic (exact) mass is 153 g/mol. The van der Waals surface area contributed by atoms with Gasteiger partial charge >= 0.3 is 0 Å². The van der Waals surface area contributed by atoms with Crippen LogP contribution in [0.2, 0.25) is 0 Å². The molecule has 0 aliphatic rings. The SMILES string of the molecule is CCC#CCNC(=O)C(C)C. The second-order valence-electron chi connectivity index (χ2n) is 2.58. The maximum atomic E-state index is 10.9. The fraction of sp³-hybridized carbons (Fsp3) is 0.667. The van der Waals surface area contributed by atoms with Gasteiger partial charge in [-0.15, -0.1) is 5.92 Å². The summed E-state index contributed by atoms with van der Waals surface area (Å²) >= 11 is 0. The first-order valence-corrected chi connectivity index (χ1v) is 3.92. The van der Waals surface area contributed by atoms with Crippen LogP contribution in [0.15, 0.2) is 0 Å². The van der Waals surface area contributed by atoms with E-state index in [0.29, 0.717) is 6.54 Å². The molecule has 0 aromatic rings. The van der Waals surface area contributed by atoms with E-state index in [-0.39, 0.29) is 11.8 Å². The molecule has 0 saturated heterocycles. The molecule has 0 fully saturated rings. The van der Waals surface area contributed by atoms with E-state index in [2.05, 4.69) is 17.2 Å². The van der Waals surface area contributed by atoms with E-state index in [9.17, 15) is 4.79 Å². The zero-order valence-corrected chi connectivity index (χ0v) is 7.40. The largest absolute Gasteiger partial charge is 0.345 e. The molecule has 0 aromatic carbocycles. The lowest BCUT2D eigenvalue weighted by molar-refractivity contribution is -0.123. The van der Waals surface area contributed by atoms with Gasteiger partial charge in [0.2, 0.25) is 5.91 Å². The summed E-state index contributed by atoms with van der Waals surface area (Å²) in [4.78, 5) is 10.9. The Morgan fingerprint density at radius 1 is 1.45 bits per heavy atom. The average molecular weight is 153 g/mol. The third-order valence-corrected chi connectivity index (χ3v) is 1.18. The normalized spacial score (nSPS) is 8.73. The van der Waals surface area contributed by atoms with Crippen molar-refractivity contribution >= 4 is 5.91 Å². The van der Waals surface area contributed by atoms with Crippen molar-refractivity contribution < 1.29 is 4.79 Å². The van der Waals surface area contributed by atoms with Gasteiger partial charge in [-0.25, -0.2) is 0 Å². The molecule has 0 unspecified atom stereocenters. The van der Waals surface area contributed by atoms with Crippen molar-refractivity contribution in [1.82, 2.24) is 5.32 Å². The number of carbonyl (C=O) groups is 1. The first-order valence-electron chi connectivity index (χ1n) is 3.92. The van der Waals surface area contributed by atoms with Crippen molar-refractivity contribution in [3.8, 4) is 11.8 Å². The maximum Gasteiger partial charge on any atom is 0.223 e. The molecule has 2 heteroatoms. The lowest BCUT2D eigenvalue weighted by Gasteiger charge is -2.02. The van der Waals surface area contributed by atoms with Gasteiger partial charge in [0, 0.05) is 12.3 Å². The molecule has 0 radical (unpaired) electrons. The maximum absolute atomic E-state index is 10.9. The van der Waals surface area contributed by atoms with E-state index in [1.54, 1.807) is 0 Å². The standard InChI is InChI=1S/C9H15NO/c1-4-5-6-7-10-9(11)8(2)3/h8H,4,7H2,1-3H3,(H,10,11). The summed E-state index contributed by atoms with van der Waals surface area (Å²) in [6.07, 6.45) is 0.845. The zero-order chi connectivity index (χ0) is 8.69. The van der Waals surface area contributed by atoms with Gasteiger partial charge in [-0.3, -0.25) is 4.79 Å². The highest BCUT2D eigenvalue weighted by molar-refractivity contribution is 5.78. The minimum atomic E-state index is 0.0541. The van der Waals surface area contributed by atoms with Crippen molar-refractivity contribution in [3.63, 3.8) is 0 Å². The van der Waals surface area contributed by atoms with Crippen molar-refractivity contribution in [2.24, 2.45) is 5.92 Å². The fourth-order valence-corrected chi connectivity index (χ4v) is 0.523. The lowest BCUT2D eigenvalue weighted by atomic mass is 10.2. The number of carbonyl (C=O) groups excluding carboxylic acids is 1. The molecule has 0 atom stereocenters. The van der Waals surface area contributed by atoms with Gasteiger partial charge in [-0.2, -0.15) is 0 Å². The van der Waals surface area contributed by atoms with Gasteiger partial charge in [-0.05, 0) is 0 Å². The van der Waals surface area contributed by atoms with Crippen LogP contribution in [0.1, 0.15) is 27.2 Å². The lowest BCUT2D eigenvalue weighted by Crippen LogP contribution is -2.27. The molecule has 0 bridgehead atoms. The Labute approximate surface area is 68.4 Å². The summed E-state index contributed by atoms with van der Waals surface area (Å²) in [7, 11) is 0. The van der Waals surface area contributed by atoms with Crippen LogP contribution in [0.25, 0.3) is 0 Å². The van der Waals surface area contributed by atoms with Crippen molar-refractivity contribution in [1.29, 1.82) is 0 Å². The second-order valence-corrected chi connectivity index (χ2v) is 2.58. The Bertz CT molecular complexity index is 174. The summed E-state index contributed by atoms with van der Waals surface area (Å²) in [6, 6.07) is 0. The highest BCUT2D eigenvalue weighted by Gasteiger charge is 2.02. The van der Waals surface area contributed by atoms with Crippen molar-refractivity contribution in [2.75, 3.05) is 6.54 Å². The van der Waals surface area contributed by atoms with E-state index in [4.69, 9.17) is 0 Å². The van der Waals surface area contributed by atoms with Crippen LogP contribution in [0, 0.1) is 17.8 Å². The van der Waals surface area contributed by atoms with Crippen LogP contribution < -0.4 is 5.32 Å². The Hall–Kier alpha value is -0.970. The summed E-state index contributed by atoms with van der Waals surface area (Å²) < 4.78 is 0. The van der Waals surface area contributed by atoms with Gasteiger partial charge < -0.3 is 5.32 Å². The van der Waals surface area contributed by atoms with Gasteiger partial charge in [-0.1, -0.05) is 26.7 Å².